The first kappa shape index (κ1) is 34.5. The van der Waals surface area contributed by atoms with Crippen molar-refractivity contribution >= 4 is 17.3 Å². The lowest BCUT2D eigenvalue weighted by molar-refractivity contribution is -0.202. The lowest BCUT2D eigenvalue weighted by Crippen LogP contribution is -2.68. The Bertz CT molecular complexity index is 1570. The van der Waals surface area contributed by atoms with E-state index in [1.54, 1.807) is 19.1 Å². The number of aliphatic hydroxyl groups excluding tert-OH is 2. The molecule has 2 aromatic carbocycles. The van der Waals surface area contributed by atoms with E-state index in [-0.39, 0.29) is 25.0 Å². The van der Waals surface area contributed by atoms with Gasteiger partial charge in [0.1, 0.15) is 25.1 Å². The molecule has 0 radical (unpaired) electrons. The number of hydrogen-bond donors (Lipinski definition) is 3. The van der Waals surface area contributed by atoms with Gasteiger partial charge in [-0.15, -0.1) is 12.8 Å². The Kier molecular flexibility index (Phi) is 9.53. The molecule has 3 saturated carbocycles. The van der Waals surface area contributed by atoms with E-state index in [2.05, 4.69) is 12.8 Å². The van der Waals surface area contributed by atoms with Crippen molar-refractivity contribution in [2.75, 3.05) is 18.2 Å². The van der Waals surface area contributed by atoms with E-state index < -0.39 is 70.6 Å². The van der Waals surface area contributed by atoms with Gasteiger partial charge in [-0.2, -0.15) is 0 Å². The molecule has 9 heteroatoms. The second-order valence-electron chi connectivity index (χ2n) is 13.9. The minimum absolute atomic E-state index is 0.0275. The predicted octanol–water partition coefficient (Wildman–Crippen LogP) is 5.74. The van der Waals surface area contributed by atoms with Crippen LogP contribution < -0.4 is 9.80 Å². The summed E-state index contributed by atoms with van der Waals surface area (Å²) in [5.74, 6) is -2.83. The van der Waals surface area contributed by atoms with Gasteiger partial charge in [0.15, 0.2) is 17.2 Å². The Morgan fingerprint density at radius 1 is 1.06 bits per heavy atom. The number of aryl methyl sites for hydroxylation is 1. The second-order valence-corrected chi connectivity index (χ2v) is 13.9. The highest BCUT2D eigenvalue weighted by Crippen LogP contribution is 2.70. The maximum absolute atomic E-state index is 17.5. The average Bonchev–Trinajstić information content (AvgIpc) is 3.34. The van der Waals surface area contributed by atoms with Gasteiger partial charge in [0, 0.05) is 23.8 Å². The minimum Gasteiger partial charge on any atom is -0.489 e. The third-order valence-corrected chi connectivity index (χ3v) is 11.4. The Hall–Kier alpha value is -3.84. The third-order valence-electron chi connectivity index (χ3n) is 11.4. The van der Waals surface area contributed by atoms with E-state index >= 15 is 8.78 Å². The lowest BCUT2D eigenvalue weighted by atomic mass is 9.45. The van der Waals surface area contributed by atoms with Crippen LogP contribution in [0.25, 0.3) is 0 Å². The number of carbonyl (C=O) groups excluding carboxylic acids is 2. The van der Waals surface area contributed by atoms with Gasteiger partial charge >= 0.3 is 0 Å². The van der Waals surface area contributed by atoms with Gasteiger partial charge in [0.05, 0.1) is 11.8 Å². The van der Waals surface area contributed by atoms with Gasteiger partial charge in [-0.3, -0.25) is 19.9 Å². The third kappa shape index (κ3) is 5.71. The van der Waals surface area contributed by atoms with E-state index in [9.17, 15) is 25.0 Å². The fourth-order valence-corrected chi connectivity index (χ4v) is 9.19. The largest absolute Gasteiger partial charge is 0.489 e. The van der Waals surface area contributed by atoms with E-state index in [1.807, 2.05) is 50.2 Å². The van der Waals surface area contributed by atoms with Crippen molar-refractivity contribution in [1.82, 2.24) is 0 Å². The SMILES string of the molecule is C#C.Cc1ccc(OCc2ccc(N(O)C[C@@H]3CC4[C@@H]5C[C@H](F)C6=CC(=O)C=C[C@]6(C)[C@@]5(F)[C@@H](O)C[C@]4(C)[C@H]3C(=O)CO)cc2)cc1. The highest BCUT2D eigenvalue weighted by Gasteiger charge is 2.73. The zero-order valence-corrected chi connectivity index (χ0v) is 27.0. The molecule has 3 fully saturated rings. The van der Waals surface area contributed by atoms with E-state index in [4.69, 9.17) is 4.74 Å². The predicted molar refractivity (Wildman–Crippen MR) is 174 cm³/mol. The van der Waals surface area contributed by atoms with Crippen molar-refractivity contribution in [3.05, 3.63) is 83.5 Å². The number of allylic oxidation sites excluding steroid dienone is 4. The van der Waals surface area contributed by atoms with Gasteiger partial charge < -0.3 is 14.9 Å². The number of carbonyl (C=O) groups is 2. The number of terminal acetylenes is 1. The number of ketones is 2. The first-order chi connectivity index (χ1) is 22.3. The quantitative estimate of drug-likeness (QED) is 0.248. The molecule has 3 N–H and O–H groups in total. The summed E-state index contributed by atoms with van der Waals surface area (Å²) in [5, 5.41) is 33.7. The molecule has 7 nitrogen and oxygen atoms in total. The van der Waals surface area contributed by atoms with Crippen molar-refractivity contribution in [3.63, 3.8) is 0 Å². The fraction of sp³-hybridized carbons (Fsp3) is 0.474. The van der Waals surface area contributed by atoms with Gasteiger partial charge in [0.2, 0.25) is 0 Å². The topological polar surface area (TPSA) is 107 Å². The Labute approximate surface area is 274 Å². The average molecular weight is 648 g/mol. The summed E-state index contributed by atoms with van der Waals surface area (Å²) in [6.45, 7) is 5.01. The van der Waals surface area contributed by atoms with Crippen molar-refractivity contribution in [2.24, 2.45) is 34.5 Å². The van der Waals surface area contributed by atoms with E-state index in [0.29, 0.717) is 18.7 Å². The summed E-state index contributed by atoms with van der Waals surface area (Å²) in [6, 6.07) is 14.9. The van der Waals surface area contributed by atoms with Crippen LogP contribution in [-0.2, 0) is 16.2 Å². The van der Waals surface area contributed by atoms with E-state index in [1.165, 1.54) is 12.2 Å². The summed E-state index contributed by atoms with van der Waals surface area (Å²) in [7, 11) is 0. The molecule has 0 bridgehead atoms. The smallest absolute Gasteiger partial charge is 0.178 e. The maximum atomic E-state index is 17.5. The normalized spacial score (nSPS) is 35.4. The highest BCUT2D eigenvalue weighted by molar-refractivity contribution is 6.01. The standard InChI is InChI=1S/C36H41F2NO6.C2H2/c1-21-4-10-26(11-5-21)45-20-22-6-8-24(9-7-22)39(44)18-23-14-27-28-16-30(37)29-15-25(41)12-13-35(29,3)36(28,38)32(43)17-34(27,2)33(23)31(42)19-40;1-2/h4-13,15,23,27-28,30,32-33,40,43-44H,14,16-20H2,1-3H3;1-2H/t23-,27?,28-,30-,32-,33+,34-,35-,36-;/m0./s1. The molecule has 0 aromatic heterocycles. The summed E-state index contributed by atoms with van der Waals surface area (Å²) >= 11 is 0. The van der Waals surface area contributed by atoms with E-state index in [0.717, 1.165) is 28.0 Å². The lowest BCUT2D eigenvalue weighted by Gasteiger charge is -2.62. The molecule has 0 aliphatic heterocycles. The Morgan fingerprint density at radius 2 is 1.72 bits per heavy atom. The van der Waals surface area contributed by atoms with Gasteiger partial charge in [-0.1, -0.05) is 42.8 Å². The molecule has 9 atom stereocenters. The molecular formula is C38H43F2NO6. The van der Waals surface area contributed by atoms with Crippen LogP contribution in [-0.4, -0.2) is 58.1 Å². The molecule has 4 aliphatic rings. The summed E-state index contributed by atoms with van der Waals surface area (Å²) in [5.41, 5.74) is -2.15. The molecule has 0 spiro atoms. The molecule has 4 aliphatic carbocycles. The number of fused-ring (bicyclic) bond motifs is 5. The number of Topliss-reactive ketones (excluding diaryl/α,β-unsaturated/α-hetero) is 1. The van der Waals surface area contributed by atoms with Crippen LogP contribution in [0.1, 0.15) is 44.2 Å². The number of halogens is 2. The van der Waals surface area contributed by atoms with Crippen LogP contribution in [0, 0.1) is 54.3 Å². The number of benzene rings is 2. The van der Waals surface area contributed by atoms with Gasteiger partial charge in [0.25, 0.3) is 0 Å². The number of nitrogens with zero attached hydrogens (tertiary/aromatic N) is 1. The molecular weight excluding hydrogens is 604 g/mol. The maximum Gasteiger partial charge on any atom is 0.178 e. The molecule has 2 aromatic rings. The first-order valence-electron chi connectivity index (χ1n) is 16.0. The summed E-state index contributed by atoms with van der Waals surface area (Å²) in [4.78, 5) is 25.4. The van der Waals surface area contributed by atoms with Crippen LogP contribution in [0.2, 0.25) is 0 Å². The summed E-state index contributed by atoms with van der Waals surface area (Å²) < 4.78 is 39.1. The Balaban J connectivity index is 0.00000213. The van der Waals surface area contributed by atoms with Crippen molar-refractivity contribution in [3.8, 4) is 18.6 Å². The van der Waals surface area contributed by atoms with Crippen molar-refractivity contribution in [2.45, 2.75) is 64.6 Å². The zero-order chi connectivity index (χ0) is 34.3. The molecule has 0 amide bonds. The molecule has 250 valence electrons. The fourth-order valence-electron chi connectivity index (χ4n) is 9.19. The molecule has 6 rings (SSSR count). The molecule has 0 saturated heterocycles. The number of ether oxygens (including phenoxy) is 1. The second kappa shape index (κ2) is 13.0. The van der Waals surface area contributed by atoms with Gasteiger partial charge in [-0.05, 0) is 97.9 Å². The van der Waals surface area contributed by atoms with Crippen LogP contribution >= 0.6 is 0 Å². The van der Waals surface area contributed by atoms with Gasteiger partial charge in [-0.25, -0.2) is 8.78 Å². The molecule has 1 unspecified atom stereocenters. The monoisotopic (exact) mass is 647 g/mol. The van der Waals surface area contributed by atoms with Crippen LogP contribution in [0.5, 0.6) is 5.75 Å². The number of hydrogen-bond acceptors (Lipinski definition) is 7. The first-order valence-corrected chi connectivity index (χ1v) is 16.0. The number of anilines is 1. The molecule has 47 heavy (non-hydrogen) atoms. The number of hydroxylamine groups is 1. The molecule has 0 heterocycles. The van der Waals surface area contributed by atoms with Crippen LogP contribution in [0.3, 0.4) is 0 Å². The zero-order valence-electron chi connectivity index (χ0n) is 27.0. The van der Waals surface area contributed by atoms with Crippen molar-refractivity contribution < 1.29 is 38.5 Å². The Morgan fingerprint density at radius 3 is 2.36 bits per heavy atom. The summed E-state index contributed by atoms with van der Waals surface area (Å²) in [6.07, 6.45) is 8.68. The van der Waals surface area contributed by atoms with Crippen LogP contribution in [0.4, 0.5) is 14.5 Å². The highest BCUT2D eigenvalue weighted by atomic mass is 19.1. The number of rotatable bonds is 8. The number of alkyl halides is 2. The minimum atomic E-state index is -2.26. The van der Waals surface area contributed by atoms with Crippen molar-refractivity contribution in [1.29, 1.82) is 0 Å². The van der Waals surface area contributed by atoms with Crippen LogP contribution in [0.15, 0.2) is 72.3 Å². The number of aliphatic hydroxyl groups is 2.